The first-order valence-corrected chi connectivity index (χ1v) is 12.2. The molecule has 166 valence electrons. The lowest BCUT2D eigenvalue weighted by atomic mass is 9.49. The molecule has 5 heteroatoms. The average molecular weight is 433 g/mol. The Hall–Kier alpha value is -1.10. The van der Waals surface area contributed by atoms with E-state index in [4.69, 9.17) is 11.6 Å². The molecule has 0 aromatic heterocycles. The third kappa shape index (κ3) is 5.20. The highest BCUT2D eigenvalue weighted by atomic mass is 35.5. The third-order valence-corrected chi connectivity index (χ3v) is 7.92. The molecular weight excluding hydrogens is 396 g/mol. The van der Waals surface area contributed by atoms with Gasteiger partial charge in [0.05, 0.1) is 16.7 Å². The number of halogens is 1. The maximum absolute atomic E-state index is 13.0. The number of benzene rings is 1. The van der Waals surface area contributed by atoms with Crippen molar-refractivity contribution in [2.45, 2.75) is 77.4 Å². The highest BCUT2D eigenvalue weighted by Gasteiger charge is 2.50. The number of aliphatic hydroxyl groups excluding tert-OH is 1. The van der Waals surface area contributed by atoms with Crippen LogP contribution in [0.4, 0.5) is 0 Å². The Bertz CT molecular complexity index is 728. The van der Waals surface area contributed by atoms with Crippen molar-refractivity contribution in [3.05, 3.63) is 34.3 Å². The largest absolute Gasteiger partial charge is 0.392 e. The monoisotopic (exact) mass is 432 g/mol. The lowest BCUT2D eigenvalue weighted by Crippen LogP contribution is -2.51. The van der Waals surface area contributed by atoms with Crippen molar-refractivity contribution >= 4 is 17.5 Å². The van der Waals surface area contributed by atoms with Crippen molar-refractivity contribution in [2.24, 2.45) is 23.2 Å². The second-order valence-electron chi connectivity index (χ2n) is 10.7. The molecule has 4 saturated carbocycles. The standard InChI is InChI=1S/C25H37ClN2O2/c1-16(2)27-14-21(29)5-3-17-4-6-23(26)22(10-17)24(30)28-15-25-11-18-7-19(12-25)9-20(8-18)13-25/h4,6,10,16,18-21,27,29H,3,5,7-9,11-15H2,1-2H3,(H,28,30)/t18?,19?,20?,21-,25?/m0/s1. The molecule has 30 heavy (non-hydrogen) atoms. The fourth-order valence-corrected chi connectivity index (χ4v) is 6.78. The molecule has 0 radical (unpaired) electrons. The van der Waals surface area contributed by atoms with Gasteiger partial charge < -0.3 is 15.7 Å². The van der Waals surface area contributed by atoms with Crippen LogP contribution in [0.3, 0.4) is 0 Å². The molecule has 0 unspecified atom stereocenters. The van der Waals surface area contributed by atoms with Gasteiger partial charge in [-0.05, 0) is 92.2 Å². The Labute approximate surface area is 186 Å². The van der Waals surface area contributed by atoms with Crippen LogP contribution in [-0.2, 0) is 6.42 Å². The molecule has 1 amide bonds. The fourth-order valence-electron chi connectivity index (χ4n) is 6.58. The summed E-state index contributed by atoms with van der Waals surface area (Å²) in [7, 11) is 0. The zero-order chi connectivity index (χ0) is 21.3. The van der Waals surface area contributed by atoms with E-state index in [0.29, 0.717) is 35.0 Å². The minimum Gasteiger partial charge on any atom is -0.392 e. The van der Waals surface area contributed by atoms with Gasteiger partial charge in [0.2, 0.25) is 0 Å². The first kappa shape index (κ1) is 22.1. The molecule has 0 spiro atoms. The van der Waals surface area contributed by atoms with Crippen molar-refractivity contribution in [2.75, 3.05) is 13.1 Å². The van der Waals surface area contributed by atoms with Crippen LogP contribution in [0.2, 0.25) is 5.02 Å². The molecule has 4 nitrogen and oxygen atoms in total. The summed E-state index contributed by atoms with van der Waals surface area (Å²) in [4.78, 5) is 13.0. The minimum absolute atomic E-state index is 0.0559. The number of amides is 1. The van der Waals surface area contributed by atoms with Crippen LogP contribution in [0.1, 0.15) is 74.7 Å². The van der Waals surface area contributed by atoms with Crippen LogP contribution in [0.15, 0.2) is 18.2 Å². The van der Waals surface area contributed by atoms with Crippen LogP contribution in [0, 0.1) is 23.2 Å². The fraction of sp³-hybridized carbons (Fsp3) is 0.720. The molecule has 5 rings (SSSR count). The molecule has 0 aliphatic heterocycles. The SMILES string of the molecule is CC(C)NC[C@@H](O)CCc1ccc(Cl)c(C(=O)NCC23CC4CC(CC(C4)C2)C3)c1. The van der Waals surface area contributed by atoms with Gasteiger partial charge >= 0.3 is 0 Å². The summed E-state index contributed by atoms with van der Waals surface area (Å²) in [5, 5.41) is 17.2. The van der Waals surface area contributed by atoms with Crippen molar-refractivity contribution in [3.63, 3.8) is 0 Å². The van der Waals surface area contributed by atoms with Crippen molar-refractivity contribution in [1.82, 2.24) is 10.6 Å². The maximum atomic E-state index is 13.0. The van der Waals surface area contributed by atoms with Crippen molar-refractivity contribution in [1.29, 1.82) is 0 Å². The highest BCUT2D eigenvalue weighted by molar-refractivity contribution is 6.33. The Morgan fingerprint density at radius 2 is 1.80 bits per heavy atom. The number of hydrogen-bond donors (Lipinski definition) is 3. The molecule has 4 aliphatic rings. The smallest absolute Gasteiger partial charge is 0.252 e. The summed E-state index contributed by atoms with van der Waals surface area (Å²) in [5.41, 5.74) is 1.93. The van der Waals surface area contributed by atoms with Gasteiger partial charge in [0.25, 0.3) is 5.91 Å². The van der Waals surface area contributed by atoms with Gasteiger partial charge in [-0.1, -0.05) is 31.5 Å². The predicted molar refractivity (Wildman–Crippen MR) is 122 cm³/mol. The van der Waals surface area contributed by atoms with Gasteiger partial charge in [-0.3, -0.25) is 4.79 Å². The molecule has 0 heterocycles. The van der Waals surface area contributed by atoms with Crippen LogP contribution in [-0.4, -0.2) is 36.2 Å². The van der Waals surface area contributed by atoms with Gasteiger partial charge in [0.1, 0.15) is 0 Å². The number of rotatable bonds is 9. The van der Waals surface area contributed by atoms with Crippen LogP contribution < -0.4 is 10.6 Å². The number of aryl methyl sites for hydroxylation is 1. The molecule has 3 N–H and O–H groups in total. The van der Waals surface area contributed by atoms with E-state index in [1.807, 2.05) is 18.2 Å². The number of carbonyl (C=O) groups is 1. The Kier molecular flexibility index (Phi) is 6.76. The lowest BCUT2D eigenvalue weighted by molar-refractivity contribution is -0.0503. The zero-order valence-corrected chi connectivity index (χ0v) is 19.2. The molecule has 4 fully saturated rings. The summed E-state index contributed by atoms with van der Waals surface area (Å²) in [6, 6.07) is 6.04. The predicted octanol–water partition coefficient (Wildman–Crippen LogP) is 4.58. The molecule has 4 bridgehead atoms. The minimum atomic E-state index is -0.392. The van der Waals surface area contributed by atoms with Crippen molar-refractivity contribution in [3.8, 4) is 0 Å². The van der Waals surface area contributed by atoms with Crippen LogP contribution in [0.5, 0.6) is 0 Å². The molecule has 1 atom stereocenters. The van der Waals surface area contributed by atoms with E-state index < -0.39 is 6.10 Å². The summed E-state index contributed by atoms with van der Waals surface area (Å²) < 4.78 is 0. The van der Waals surface area contributed by atoms with Gasteiger partial charge in [-0.15, -0.1) is 0 Å². The number of nitrogens with one attached hydrogen (secondary N) is 2. The van der Waals surface area contributed by atoms with Crippen LogP contribution in [0.25, 0.3) is 0 Å². The zero-order valence-electron chi connectivity index (χ0n) is 18.4. The molecule has 4 aliphatic carbocycles. The van der Waals surface area contributed by atoms with Crippen LogP contribution >= 0.6 is 11.6 Å². The Morgan fingerprint density at radius 3 is 2.40 bits per heavy atom. The maximum Gasteiger partial charge on any atom is 0.252 e. The van der Waals surface area contributed by atoms with E-state index >= 15 is 0 Å². The number of aliphatic hydroxyl groups is 1. The second-order valence-corrected chi connectivity index (χ2v) is 11.1. The lowest BCUT2D eigenvalue weighted by Gasteiger charge is -2.56. The molecule has 1 aromatic rings. The average Bonchev–Trinajstić information content (AvgIpc) is 2.69. The van der Waals surface area contributed by atoms with E-state index in [1.165, 1.54) is 38.5 Å². The number of hydrogen-bond acceptors (Lipinski definition) is 3. The first-order chi connectivity index (χ1) is 14.3. The molecule has 1 aromatic carbocycles. The van der Waals surface area contributed by atoms with Gasteiger partial charge in [0.15, 0.2) is 0 Å². The summed E-state index contributed by atoms with van der Waals surface area (Å²) in [6.45, 7) is 5.51. The number of carbonyl (C=O) groups excluding carboxylic acids is 1. The Balaban J connectivity index is 1.33. The van der Waals surface area contributed by atoms with Crippen molar-refractivity contribution < 1.29 is 9.90 Å². The van der Waals surface area contributed by atoms with Gasteiger partial charge in [0, 0.05) is 19.1 Å². The summed E-state index contributed by atoms with van der Waals surface area (Å²) >= 11 is 6.37. The second kappa shape index (κ2) is 9.18. The normalized spacial score (nSPS) is 30.6. The van der Waals surface area contributed by atoms with Gasteiger partial charge in [-0.2, -0.15) is 0 Å². The molecular formula is C25H37ClN2O2. The van der Waals surface area contributed by atoms with E-state index in [1.54, 1.807) is 0 Å². The topological polar surface area (TPSA) is 61.4 Å². The van der Waals surface area contributed by atoms with E-state index in [2.05, 4.69) is 24.5 Å². The first-order valence-electron chi connectivity index (χ1n) is 11.8. The van der Waals surface area contributed by atoms with Gasteiger partial charge in [-0.25, -0.2) is 0 Å². The van der Waals surface area contributed by atoms with E-state index in [9.17, 15) is 9.90 Å². The van der Waals surface area contributed by atoms with E-state index in [0.717, 1.165) is 36.3 Å². The highest BCUT2D eigenvalue weighted by Crippen LogP contribution is 2.59. The summed E-state index contributed by atoms with van der Waals surface area (Å²) in [6.07, 6.45) is 9.11. The summed E-state index contributed by atoms with van der Waals surface area (Å²) in [5.74, 6) is 2.60. The third-order valence-electron chi connectivity index (χ3n) is 7.59. The Morgan fingerprint density at radius 1 is 1.17 bits per heavy atom. The molecule has 0 saturated heterocycles. The van der Waals surface area contributed by atoms with E-state index in [-0.39, 0.29) is 5.91 Å². The quantitative estimate of drug-likeness (QED) is 0.535.